The van der Waals surface area contributed by atoms with Crippen LogP contribution in [0.15, 0.2) is 24.3 Å². The summed E-state index contributed by atoms with van der Waals surface area (Å²) in [6.45, 7) is 8.99. The summed E-state index contributed by atoms with van der Waals surface area (Å²) in [5, 5.41) is 0. The van der Waals surface area contributed by atoms with Gasteiger partial charge in [-0.05, 0) is 62.7 Å². The number of nitrogens with zero attached hydrogens (tertiary/aromatic N) is 3. The zero-order valence-corrected chi connectivity index (χ0v) is 20.7. The zero-order valence-electron chi connectivity index (χ0n) is 20.7. The molecular weight excluding hydrogens is 434 g/mol. The summed E-state index contributed by atoms with van der Waals surface area (Å²) < 4.78 is 15.6. The van der Waals surface area contributed by atoms with Gasteiger partial charge in [0.05, 0.1) is 13.2 Å². The number of hydrogen-bond donors (Lipinski definition) is 0. The predicted octanol–water partition coefficient (Wildman–Crippen LogP) is 3.49. The molecule has 3 heterocycles. The lowest BCUT2D eigenvalue weighted by molar-refractivity contribution is 0.0455. The number of methoxy groups -OCH3 is 1. The highest BCUT2D eigenvalue weighted by atomic mass is 16.6. The first-order valence-corrected chi connectivity index (χ1v) is 12.7. The number of amides is 2. The Hall–Kier alpha value is -2.32. The van der Waals surface area contributed by atoms with E-state index in [1.165, 1.54) is 11.1 Å². The van der Waals surface area contributed by atoms with Crippen molar-refractivity contribution in [1.29, 1.82) is 0 Å². The van der Waals surface area contributed by atoms with Crippen molar-refractivity contribution in [2.45, 2.75) is 44.6 Å². The Morgan fingerprint density at radius 3 is 2.38 bits per heavy atom. The van der Waals surface area contributed by atoms with Crippen LogP contribution in [0.5, 0.6) is 0 Å². The lowest BCUT2D eigenvalue weighted by Crippen LogP contribution is -2.54. The third-order valence-electron chi connectivity index (χ3n) is 7.68. The fraction of sp³-hybridized carbons (Fsp3) is 0.692. The number of carbonyl (C=O) groups excluding carboxylic acids is 2. The zero-order chi connectivity index (χ0) is 24.0. The van der Waals surface area contributed by atoms with Crippen LogP contribution in [0, 0.1) is 5.92 Å². The highest BCUT2D eigenvalue weighted by Crippen LogP contribution is 2.42. The summed E-state index contributed by atoms with van der Waals surface area (Å²) in [7, 11) is 1.61. The third-order valence-corrected chi connectivity index (χ3v) is 7.68. The Kier molecular flexibility index (Phi) is 8.32. The van der Waals surface area contributed by atoms with E-state index >= 15 is 0 Å². The smallest absolute Gasteiger partial charge is 0.410 e. The molecule has 3 aliphatic rings. The normalized spacial score (nSPS) is 20.8. The summed E-state index contributed by atoms with van der Waals surface area (Å²) in [6.07, 6.45) is 3.71. The summed E-state index contributed by atoms with van der Waals surface area (Å²) in [5.74, 6) is 0.616. The molecular formula is C26H39N3O5. The van der Waals surface area contributed by atoms with E-state index in [9.17, 15) is 9.59 Å². The molecule has 0 radical (unpaired) electrons. The van der Waals surface area contributed by atoms with E-state index in [-0.39, 0.29) is 24.2 Å². The van der Waals surface area contributed by atoms with Crippen LogP contribution in [0.1, 0.15) is 43.7 Å². The molecule has 0 bridgehead atoms. The van der Waals surface area contributed by atoms with Gasteiger partial charge >= 0.3 is 12.2 Å². The summed E-state index contributed by atoms with van der Waals surface area (Å²) in [5.41, 5.74) is 2.62. The van der Waals surface area contributed by atoms with E-state index in [0.29, 0.717) is 32.2 Å². The maximum Gasteiger partial charge on any atom is 0.410 e. The van der Waals surface area contributed by atoms with Gasteiger partial charge in [0.2, 0.25) is 0 Å². The van der Waals surface area contributed by atoms with Gasteiger partial charge in [-0.25, -0.2) is 9.59 Å². The molecule has 188 valence electrons. The van der Waals surface area contributed by atoms with Crippen LogP contribution in [0.3, 0.4) is 0 Å². The molecule has 0 unspecified atom stereocenters. The van der Waals surface area contributed by atoms with Crippen molar-refractivity contribution in [2.24, 2.45) is 5.92 Å². The van der Waals surface area contributed by atoms with E-state index in [1.54, 1.807) is 7.11 Å². The number of rotatable bonds is 6. The van der Waals surface area contributed by atoms with Crippen molar-refractivity contribution in [3.05, 3.63) is 35.4 Å². The molecule has 0 aliphatic carbocycles. The molecule has 2 saturated heterocycles. The van der Waals surface area contributed by atoms with Gasteiger partial charge in [0.25, 0.3) is 0 Å². The Labute approximate surface area is 203 Å². The second-order valence-electron chi connectivity index (χ2n) is 9.83. The molecule has 0 N–H and O–H groups in total. The van der Waals surface area contributed by atoms with Gasteiger partial charge in [0.1, 0.15) is 6.61 Å². The number of likely N-dealkylation sites (tertiary alicyclic amines) is 2. The average Bonchev–Trinajstić information content (AvgIpc) is 2.86. The molecule has 1 aromatic rings. The first-order chi connectivity index (χ1) is 16.5. The monoisotopic (exact) mass is 473 g/mol. The van der Waals surface area contributed by atoms with Crippen molar-refractivity contribution < 1.29 is 23.8 Å². The molecule has 1 aromatic carbocycles. The lowest BCUT2D eigenvalue weighted by Gasteiger charge is -2.49. The van der Waals surface area contributed by atoms with E-state index in [1.807, 2.05) is 16.7 Å². The standard InChI is InChI=1S/C26H39N3O5/c1-3-33-24(30)28-12-8-21(9-13-28)18-27-14-10-26(11-15-27)20-29(25(31)34-17-16-32-2)19-22-6-4-5-7-23(22)26/h4-7,21H,3,8-20H2,1-2H3. The first kappa shape index (κ1) is 24.8. The van der Waals surface area contributed by atoms with E-state index in [0.717, 1.165) is 58.4 Å². The van der Waals surface area contributed by atoms with E-state index in [4.69, 9.17) is 14.2 Å². The van der Waals surface area contributed by atoms with Gasteiger partial charge in [-0.15, -0.1) is 0 Å². The summed E-state index contributed by atoms with van der Waals surface area (Å²) in [4.78, 5) is 31.0. The Balaban J connectivity index is 1.34. The highest BCUT2D eigenvalue weighted by molar-refractivity contribution is 5.69. The number of fused-ring (bicyclic) bond motifs is 2. The molecule has 8 nitrogen and oxygen atoms in total. The molecule has 8 heteroatoms. The Bertz CT molecular complexity index is 831. The second kappa shape index (κ2) is 11.4. The van der Waals surface area contributed by atoms with Gasteiger partial charge in [-0.3, -0.25) is 0 Å². The van der Waals surface area contributed by atoms with Gasteiger partial charge < -0.3 is 28.9 Å². The molecule has 34 heavy (non-hydrogen) atoms. The number of hydrogen-bond acceptors (Lipinski definition) is 6. The van der Waals surface area contributed by atoms with Crippen molar-refractivity contribution >= 4 is 12.2 Å². The van der Waals surface area contributed by atoms with Crippen LogP contribution in [-0.2, 0) is 26.2 Å². The molecule has 1 spiro atoms. The molecule has 3 aliphatic heterocycles. The maximum absolute atomic E-state index is 12.8. The van der Waals surface area contributed by atoms with Crippen molar-refractivity contribution in [3.63, 3.8) is 0 Å². The van der Waals surface area contributed by atoms with Gasteiger partial charge in [0.15, 0.2) is 0 Å². The minimum absolute atomic E-state index is 0.0150. The van der Waals surface area contributed by atoms with Crippen LogP contribution < -0.4 is 0 Å². The Morgan fingerprint density at radius 2 is 1.68 bits per heavy atom. The molecule has 2 fully saturated rings. The van der Waals surface area contributed by atoms with Gasteiger partial charge in [0, 0.05) is 45.2 Å². The van der Waals surface area contributed by atoms with Crippen LogP contribution >= 0.6 is 0 Å². The van der Waals surface area contributed by atoms with E-state index < -0.39 is 0 Å². The average molecular weight is 474 g/mol. The van der Waals surface area contributed by atoms with Crippen LogP contribution in [0.25, 0.3) is 0 Å². The first-order valence-electron chi connectivity index (χ1n) is 12.7. The third kappa shape index (κ3) is 5.66. The SMILES string of the molecule is CCOC(=O)N1CCC(CN2CCC3(CC2)CN(C(=O)OCCOC)Cc2ccccc23)CC1. The van der Waals surface area contributed by atoms with Crippen molar-refractivity contribution in [3.8, 4) is 0 Å². The van der Waals surface area contributed by atoms with Gasteiger partial charge in [-0.2, -0.15) is 0 Å². The lowest BCUT2D eigenvalue weighted by atomic mass is 9.69. The molecule has 0 atom stereocenters. The summed E-state index contributed by atoms with van der Waals surface area (Å²) >= 11 is 0. The molecule has 0 saturated carbocycles. The number of piperidine rings is 2. The molecule has 4 rings (SSSR count). The summed E-state index contributed by atoms with van der Waals surface area (Å²) in [6, 6.07) is 8.58. The number of carbonyl (C=O) groups is 2. The minimum atomic E-state index is -0.248. The highest BCUT2D eigenvalue weighted by Gasteiger charge is 2.43. The topological polar surface area (TPSA) is 71.6 Å². The molecule has 2 amide bonds. The fourth-order valence-electron chi connectivity index (χ4n) is 5.79. The van der Waals surface area contributed by atoms with E-state index in [2.05, 4.69) is 29.2 Å². The maximum atomic E-state index is 12.8. The largest absolute Gasteiger partial charge is 0.450 e. The fourth-order valence-corrected chi connectivity index (χ4v) is 5.79. The molecule has 0 aromatic heterocycles. The minimum Gasteiger partial charge on any atom is -0.450 e. The van der Waals surface area contributed by atoms with Crippen LogP contribution in [0.4, 0.5) is 9.59 Å². The van der Waals surface area contributed by atoms with Crippen molar-refractivity contribution in [2.75, 3.05) is 66.2 Å². The van der Waals surface area contributed by atoms with Crippen LogP contribution in [-0.4, -0.2) is 93.1 Å². The van der Waals surface area contributed by atoms with Crippen molar-refractivity contribution in [1.82, 2.24) is 14.7 Å². The van der Waals surface area contributed by atoms with Gasteiger partial charge in [-0.1, -0.05) is 24.3 Å². The van der Waals surface area contributed by atoms with Crippen LogP contribution in [0.2, 0.25) is 0 Å². The quantitative estimate of drug-likeness (QED) is 0.589. The second-order valence-corrected chi connectivity index (χ2v) is 9.83. The number of benzene rings is 1. The predicted molar refractivity (Wildman–Crippen MR) is 129 cm³/mol. The Morgan fingerprint density at radius 1 is 0.971 bits per heavy atom. The number of ether oxygens (including phenoxy) is 3.